The molecule has 0 atom stereocenters. The van der Waals surface area contributed by atoms with Crippen molar-refractivity contribution in [2.45, 2.75) is 24.7 Å². The third kappa shape index (κ3) is 4.45. The Kier molecular flexibility index (Phi) is 6.20. The van der Waals surface area contributed by atoms with Crippen molar-refractivity contribution >= 4 is 15.9 Å². The lowest BCUT2D eigenvalue weighted by Gasteiger charge is -2.44. The van der Waals surface area contributed by atoms with Crippen LogP contribution in [0, 0.1) is 0 Å². The van der Waals surface area contributed by atoms with E-state index in [-0.39, 0.29) is 24.3 Å². The van der Waals surface area contributed by atoms with Gasteiger partial charge in [-0.3, -0.25) is 4.79 Å². The maximum absolute atomic E-state index is 12.9. The summed E-state index contributed by atoms with van der Waals surface area (Å²) in [6.45, 7) is 1.53. The summed E-state index contributed by atoms with van der Waals surface area (Å²) in [4.78, 5) is 14.8. The summed E-state index contributed by atoms with van der Waals surface area (Å²) < 4.78 is 24.4. The van der Waals surface area contributed by atoms with Crippen molar-refractivity contribution in [3.63, 3.8) is 0 Å². The Morgan fingerprint density at radius 3 is 2.07 bits per heavy atom. The van der Waals surface area contributed by atoms with Crippen LogP contribution in [0.25, 0.3) is 0 Å². The van der Waals surface area contributed by atoms with Gasteiger partial charge in [-0.2, -0.15) is 0 Å². The van der Waals surface area contributed by atoms with E-state index in [9.17, 15) is 13.2 Å². The molecule has 0 spiro atoms. The molecule has 2 aromatic carbocycles. The Morgan fingerprint density at radius 1 is 1.04 bits per heavy atom. The van der Waals surface area contributed by atoms with Gasteiger partial charge in [0.15, 0.2) is 0 Å². The Balaban J connectivity index is 1.84. The van der Waals surface area contributed by atoms with Crippen LogP contribution in [-0.2, 0) is 20.2 Å². The topological polar surface area (TPSA) is 57.7 Å². The Morgan fingerprint density at radius 2 is 1.57 bits per heavy atom. The number of rotatable bonds is 6. The van der Waals surface area contributed by atoms with Crippen molar-refractivity contribution in [1.82, 2.24) is 9.21 Å². The van der Waals surface area contributed by atoms with Gasteiger partial charge in [0.25, 0.3) is 0 Å². The van der Waals surface area contributed by atoms with E-state index in [1.807, 2.05) is 41.3 Å². The van der Waals surface area contributed by atoms with Crippen molar-refractivity contribution in [3.05, 3.63) is 71.8 Å². The number of carbonyl (C=O) groups is 1. The number of piperidine rings is 1. The van der Waals surface area contributed by atoms with Crippen molar-refractivity contribution in [2.24, 2.45) is 0 Å². The normalized spacial score (nSPS) is 16.9. The molecule has 150 valence electrons. The first-order valence-corrected chi connectivity index (χ1v) is 11.5. The van der Waals surface area contributed by atoms with Gasteiger partial charge in [-0.05, 0) is 24.0 Å². The predicted molar refractivity (Wildman–Crippen MR) is 112 cm³/mol. The highest BCUT2D eigenvalue weighted by Crippen LogP contribution is 2.40. The summed E-state index contributed by atoms with van der Waals surface area (Å²) in [6.07, 6.45) is 3.25. The monoisotopic (exact) mass is 400 g/mol. The average molecular weight is 401 g/mol. The van der Waals surface area contributed by atoms with Gasteiger partial charge < -0.3 is 4.90 Å². The van der Waals surface area contributed by atoms with Crippen LogP contribution in [0.15, 0.2) is 60.7 Å². The zero-order valence-electron chi connectivity index (χ0n) is 16.5. The van der Waals surface area contributed by atoms with E-state index in [1.54, 1.807) is 0 Å². The van der Waals surface area contributed by atoms with Crippen molar-refractivity contribution in [1.29, 1.82) is 0 Å². The van der Waals surface area contributed by atoms with E-state index in [0.29, 0.717) is 13.1 Å². The molecule has 6 heteroatoms. The quantitative estimate of drug-likeness (QED) is 0.749. The van der Waals surface area contributed by atoms with Gasteiger partial charge in [0.05, 0.1) is 6.26 Å². The minimum absolute atomic E-state index is 0.00596. The van der Waals surface area contributed by atoms with Crippen LogP contribution in [0.2, 0.25) is 0 Å². The molecule has 3 rings (SSSR count). The second kappa shape index (κ2) is 8.45. The minimum Gasteiger partial charge on any atom is -0.341 e. The van der Waals surface area contributed by atoms with E-state index in [1.165, 1.54) is 22.5 Å². The molecular weight excluding hydrogens is 372 g/mol. The third-order valence-corrected chi connectivity index (χ3v) is 7.02. The fourth-order valence-corrected chi connectivity index (χ4v) is 4.42. The zero-order valence-corrected chi connectivity index (χ0v) is 17.4. The summed E-state index contributed by atoms with van der Waals surface area (Å²) in [5, 5.41) is 0. The maximum atomic E-state index is 12.9. The lowest BCUT2D eigenvalue weighted by atomic mass is 9.69. The van der Waals surface area contributed by atoms with Crippen LogP contribution in [-0.4, -0.2) is 56.5 Å². The predicted octanol–water partition coefficient (Wildman–Crippen LogP) is 2.88. The summed E-state index contributed by atoms with van der Waals surface area (Å²) >= 11 is 0. The average Bonchev–Trinajstić information content (AvgIpc) is 2.72. The van der Waals surface area contributed by atoms with E-state index in [4.69, 9.17) is 0 Å². The molecule has 1 saturated heterocycles. The van der Waals surface area contributed by atoms with Gasteiger partial charge in [0.2, 0.25) is 15.9 Å². The Hall–Kier alpha value is -2.18. The molecule has 0 unspecified atom stereocenters. The second-order valence-corrected chi connectivity index (χ2v) is 9.66. The van der Waals surface area contributed by atoms with Crippen LogP contribution < -0.4 is 0 Å². The SMILES string of the molecule is CN(CCC(=O)N1CCCC(c2ccccc2)(c2ccccc2)C1)S(C)(=O)=O. The highest BCUT2D eigenvalue weighted by atomic mass is 32.2. The van der Waals surface area contributed by atoms with E-state index < -0.39 is 10.0 Å². The van der Waals surface area contributed by atoms with Crippen molar-refractivity contribution < 1.29 is 13.2 Å². The molecule has 0 radical (unpaired) electrons. The Bertz CT molecular complexity index is 858. The first-order chi connectivity index (χ1) is 13.3. The first kappa shape index (κ1) is 20.6. The highest BCUT2D eigenvalue weighted by molar-refractivity contribution is 7.88. The Labute approximate surface area is 168 Å². The number of sulfonamides is 1. The fraction of sp³-hybridized carbons (Fsp3) is 0.409. The van der Waals surface area contributed by atoms with Gasteiger partial charge in [-0.25, -0.2) is 12.7 Å². The smallest absolute Gasteiger partial charge is 0.223 e. The molecule has 0 N–H and O–H groups in total. The molecule has 0 aliphatic carbocycles. The van der Waals surface area contributed by atoms with Gasteiger partial charge in [-0.1, -0.05) is 60.7 Å². The number of likely N-dealkylation sites (tertiary alicyclic amines) is 1. The van der Waals surface area contributed by atoms with Crippen LogP contribution in [0.4, 0.5) is 0 Å². The second-order valence-electron chi connectivity index (χ2n) is 7.57. The molecule has 0 aromatic heterocycles. The molecule has 2 aromatic rings. The summed E-state index contributed by atoms with van der Waals surface area (Å²) in [7, 11) is -1.76. The minimum atomic E-state index is -3.28. The number of nitrogens with zero attached hydrogens (tertiary/aromatic N) is 2. The molecule has 1 aliphatic heterocycles. The van der Waals surface area contributed by atoms with Crippen molar-refractivity contribution in [3.8, 4) is 0 Å². The number of hydrogen-bond acceptors (Lipinski definition) is 3. The van der Waals surface area contributed by atoms with Crippen LogP contribution in [0.1, 0.15) is 30.4 Å². The molecule has 28 heavy (non-hydrogen) atoms. The van der Waals surface area contributed by atoms with E-state index in [2.05, 4.69) is 24.3 Å². The van der Waals surface area contributed by atoms with E-state index in [0.717, 1.165) is 19.1 Å². The summed E-state index contributed by atoms with van der Waals surface area (Å²) in [5.74, 6) is 0.00596. The van der Waals surface area contributed by atoms with Gasteiger partial charge in [-0.15, -0.1) is 0 Å². The molecule has 0 bridgehead atoms. The summed E-state index contributed by atoms with van der Waals surface area (Å²) in [5.41, 5.74) is 2.19. The van der Waals surface area contributed by atoms with Crippen molar-refractivity contribution in [2.75, 3.05) is 32.9 Å². The molecular formula is C22H28N2O3S. The maximum Gasteiger partial charge on any atom is 0.223 e. The molecule has 1 fully saturated rings. The highest BCUT2D eigenvalue weighted by Gasteiger charge is 2.39. The number of benzene rings is 2. The number of amides is 1. The van der Waals surface area contributed by atoms with Gasteiger partial charge in [0.1, 0.15) is 0 Å². The third-order valence-electron chi connectivity index (χ3n) is 5.70. The molecule has 1 aliphatic rings. The standard InChI is InChI=1S/C22H28N2O3S/c1-23(28(2,26)27)17-14-21(25)24-16-9-15-22(18-24,19-10-5-3-6-11-19)20-12-7-4-8-13-20/h3-8,10-13H,9,14-18H2,1-2H3. The molecule has 5 nitrogen and oxygen atoms in total. The van der Waals surface area contributed by atoms with E-state index >= 15 is 0 Å². The lowest BCUT2D eigenvalue weighted by molar-refractivity contribution is -0.133. The van der Waals surface area contributed by atoms with Gasteiger partial charge in [0, 0.05) is 38.5 Å². The largest absolute Gasteiger partial charge is 0.341 e. The molecule has 0 saturated carbocycles. The number of hydrogen-bond donors (Lipinski definition) is 0. The number of carbonyl (C=O) groups excluding carboxylic acids is 1. The summed E-state index contributed by atoms with van der Waals surface area (Å²) in [6, 6.07) is 20.7. The molecule has 1 amide bonds. The van der Waals surface area contributed by atoms with Gasteiger partial charge >= 0.3 is 0 Å². The molecule has 1 heterocycles. The van der Waals surface area contributed by atoms with Crippen LogP contribution in [0.3, 0.4) is 0 Å². The van der Waals surface area contributed by atoms with Crippen LogP contribution >= 0.6 is 0 Å². The zero-order chi connectivity index (χ0) is 20.2. The fourth-order valence-electron chi connectivity index (χ4n) is 4.00. The first-order valence-electron chi connectivity index (χ1n) is 9.63. The van der Waals surface area contributed by atoms with Crippen LogP contribution in [0.5, 0.6) is 0 Å². The lowest BCUT2D eigenvalue weighted by Crippen LogP contribution is -2.49.